The summed E-state index contributed by atoms with van der Waals surface area (Å²) in [5.74, 6) is 0.834. The molecular weight excluding hydrogens is 481 g/mol. The molecule has 164 valence electrons. The zero-order chi connectivity index (χ0) is 20.2. The Morgan fingerprint density at radius 1 is 1.28 bits per heavy atom. The molecule has 1 aromatic rings. The van der Waals surface area contributed by atoms with Gasteiger partial charge in [-0.15, -0.1) is 24.0 Å². The van der Waals surface area contributed by atoms with E-state index in [1.165, 1.54) is 5.56 Å². The lowest BCUT2D eigenvalue weighted by Gasteiger charge is -2.32. The van der Waals surface area contributed by atoms with Crippen LogP contribution < -0.4 is 10.6 Å². The van der Waals surface area contributed by atoms with E-state index in [-0.39, 0.29) is 30.1 Å². The number of amides is 1. The fourth-order valence-corrected chi connectivity index (χ4v) is 3.34. The summed E-state index contributed by atoms with van der Waals surface area (Å²) in [6, 6.07) is 10.9. The number of carbonyl (C=O) groups excluding carboxylic acids is 1. The van der Waals surface area contributed by atoms with Crippen molar-refractivity contribution in [1.82, 2.24) is 20.4 Å². The molecule has 8 heteroatoms. The number of piperidine rings is 1. The molecule has 0 atom stereocenters. The Labute approximate surface area is 192 Å². The number of aliphatic imine (C=N–C) groups is 1. The molecular formula is C21H36IN5O2. The van der Waals surface area contributed by atoms with Crippen molar-refractivity contribution < 1.29 is 9.53 Å². The minimum absolute atomic E-state index is 0. The van der Waals surface area contributed by atoms with Crippen molar-refractivity contribution in [1.29, 1.82) is 0 Å². The van der Waals surface area contributed by atoms with Crippen molar-refractivity contribution in [3.05, 3.63) is 35.9 Å². The van der Waals surface area contributed by atoms with Crippen molar-refractivity contribution in [2.24, 2.45) is 4.99 Å². The van der Waals surface area contributed by atoms with Crippen LogP contribution in [0.2, 0.25) is 0 Å². The quantitative estimate of drug-likeness (QED) is 0.240. The maximum Gasteiger partial charge on any atom is 0.409 e. The standard InChI is InChI=1S/C21H35N5O2.HI/c1-4-28-21(27)26-15-11-19(12-16-26)24-20(22-2)23-13-8-14-25(3)17-18-9-6-5-7-10-18;/h5-7,9-10,19H,4,8,11-17H2,1-3H3,(H2,22,23,24);1H. The molecule has 0 aliphatic carbocycles. The maximum absolute atomic E-state index is 11.8. The van der Waals surface area contributed by atoms with Crippen molar-refractivity contribution in [2.75, 3.05) is 46.9 Å². The van der Waals surface area contributed by atoms with Crippen LogP contribution in [0.5, 0.6) is 0 Å². The molecule has 1 aromatic carbocycles. The third-order valence-corrected chi connectivity index (χ3v) is 4.89. The Bertz CT molecular complexity index is 606. The second-order valence-corrected chi connectivity index (χ2v) is 7.18. The Hall–Kier alpha value is -1.55. The first-order chi connectivity index (χ1) is 13.6. The number of benzene rings is 1. The third-order valence-electron chi connectivity index (χ3n) is 4.89. The lowest BCUT2D eigenvalue weighted by molar-refractivity contribution is 0.0963. The van der Waals surface area contributed by atoms with E-state index < -0.39 is 0 Å². The smallest absolute Gasteiger partial charge is 0.409 e. The Kier molecular flexibility index (Phi) is 12.7. The summed E-state index contributed by atoms with van der Waals surface area (Å²) in [5.41, 5.74) is 1.34. The normalized spacial score (nSPS) is 15.0. The molecule has 0 spiro atoms. The van der Waals surface area contributed by atoms with Crippen LogP contribution in [0.25, 0.3) is 0 Å². The molecule has 0 saturated carbocycles. The second kappa shape index (κ2) is 14.4. The predicted octanol–water partition coefficient (Wildman–Crippen LogP) is 2.91. The van der Waals surface area contributed by atoms with Crippen LogP contribution in [0.3, 0.4) is 0 Å². The monoisotopic (exact) mass is 517 g/mol. The fraction of sp³-hybridized carbons (Fsp3) is 0.619. The number of rotatable bonds is 8. The van der Waals surface area contributed by atoms with Crippen LogP contribution in [0, 0.1) is 0 Å². The van der Waals surface area contributed by atoms with E-state index in [1.54, 1.807) is 11.9 Å². The number of ether oxygens (including phenoxy) is 1. The van der Waals surface area contributed by atoms with E-state index in [4.69, 9.17) is 4.74 Å². The van der Waals surface area contributed by atoms with E-state index in [1.807, 2.05) is 13.0 Å². The highest BCUT2D eigenvalue weighted by molar-refractivity contribution is 14.0. The van der Waals surface area contributed by atoms with Gasteiger partial charge in [0.2, 0.25) is 0 Å². The molecule has 0 radical (unpaired) electrons. The summed E-state index contributed by atoms with van der Waals surface area (Å²) in [4.78, 5) is 20.2. The summed E-state index contributed by atoms with van der Waals surface area (Å²) < 4.78 is 5.07. The van der Waals surface area contributed by atoms with Gasteiger partial charge in [-0.05, 0) is 45.3 Å². The lowest BCUT2D eigenvalue weighted by Crippen LogP contribution is -2.50. The molecule has 7 nitrogen and oxygen atoms in total. The van der Waals surface area contributed by atoms with Crippen LogP contribution >= 0.6 is 24.0 Å². The van der Waals surface area contributed by atoms with Gasteiger partial charge in [0.15, 0.2) is 5.96 Å². The number of likely N-dealkylation sites (tertiary alicyclic amines) is 1. The zero-order valence-corrected chi connectivity index (χ0v) is 20.2. The molecule has 2 N–H and O–H groups in total. The van der Waals surface area contributed by atoms with Gasteiger partial charge in [0.1, 0.15) is 0 Å². The van der Waals surface area contributed by atoms with E-state index in [0.29, 0.717) is 12.6 Å². The van der Waals surface area contributed by atoms with Gasteiger partial charge in [0.05, 0.1) is 6.61 Å². The number of hydrogen-bond acceptors (Lipinski definition) is 4. The van der Waals surface area contributed by atoms with E-state index in [9.17, 15) is 4.79 Å². The van der Waals surface area contributed by atoms with Gasteiger partial charge in [0, 0.05) is 39.3 Å². The van der Waals surface area contributed by atoms with Crippen molar-refractivity contribution >= 4 is 36.0 Å². The Morgan fingerprint density at radius 3 is 2.59 bits per heavy atom. The highest BCUT2D eigenvalue weighted by atomic mass is 127. The van der Waals surface area contributed by atoms with Gasteiger partial charge in [-0.25, -0.2) is 4.79 Å². The molecule has 1 fully saturated rings. The SMILES string of the molecule is CCOC(=O)N1CCC(NC(=NC)NCCCN(C)Cc2ccccc2)CC1.I. The van der Waals surface area contributed by atoms with Gasteiger partial charge in [-0.3, -0.25) is 4.99 Å². The molecule has 1 heterocycles. The summed E-state index contributed by atoms with van der Waals surface area (Å²) in [6.07, 6.45) is 2.65. The van der Waals surface area contributed by atoms with Crippen LogP contribution in [0.4, 0.5) is 4.79 Å². The van der Waals surface area contributed by atoms with Crippen LogP contribution in [-0.4, -0.2) is 74.8 Å². The van der Waals surface area contributed by atoms with E-state index in [0.717, 1.165) is 57.9 Å². The lowest BCUT2D eigenvalue weighted by atomic mass is 10.1. The first-order valence-corrected chi connectivity index (χ1v) is 10.2. The third kappa shape index (κ3) is 9.66. The molecule has 0 bridgehead atoms. The maximum atomic E-state index is 11.8. The van der Waals surface area contributed by atoms with Crippen molar-refractivity contribution in [2.45, 2.75) is 38.8 Å². The molecule has 1 aliphatic rings. The molecule has 0 aromatic heterocycles. The molecule has 29 heavy (non-hydrogen) atoms. The molecule has 1 saturated heterocycles. The highest BCUT2D eigenvalue weighted by Gasteiger charge is 2.23. The molecule has 1 amide bonds. The summed E-state index contributed by atoms with van der Waals surface area (Å²) in [6.45, 7) is 6.56. The minimum Gasteiger partial charge on any atom is -0.450 e. The van der Waals surface area contributed by atoms with Crippen LogP contribution in [0.15, 0.2) is 35.3 Å². The van der Waals surface area contributed by atoms with Crippen LogP contribution in [-0.2, 0) is 11.3 Å². The average Bonchev–Trinajstić information content (AvgIpc) is 2.71. The predicted molar refractivity (Wildman–Crippen MR) is 129 cm³/mol. The Morgan fingerprint density at radius 2 is 1.97 bits per heavy atom. The fourth-order valence-electron chi connectivity index (χ4n) is 3.34. The second-order valence-electron chi connectivity index (χ2n) is 7.18. The van der Waals surface area contributed by atoms with Gasteiger partial charge >= 0.3 is 6.09 Å². The van der Waals surface area contributed by atoms with Gasteiger partial charge < -0.3 is 25.2 Å². The molecule has 2 rings (SSSR count). The summed E-state index contributed by atoms with van der Waals surface area (Å²) in [7, 11) is 3.95. The minimum atomic E-state index is -0.205. The van der Waals surface area contributed by atoms with Gasteiger partial charge in [-0.1, -0.05) is 30.3 Å². The first kappa shape index (κ1) is 25.5. The van der Waals surface area contributed by atoms with Gasteiger partial charge in [0.25, 0.3) is 0 Å². The summed E-state index contributed by atoms with van der Waals surface area (Å²) in [5, 5.41) is 6.87. The molecule has 0 unspecified atom stereocenters. The highest BCUT2D eigenvalue weighted by Crippen LogP contribution is 2.11. The number of guanidine groups is 1. The van der Waals surface area contributed by atoms with Crippen LogP contribution in [0.1, 0.15) is 31.7 Å². The Balaban J connectivity index is 0.00000420. The van der Waals surface area contributed by atoms with Crippen molar-refractivity contribution in [3.63, 3.8) is 0 Å². The van der Waals surface area contributed by atoms with Crippen molar-refractivity contribution in [3.8, 4) is 0 Å². The van der Waals surface area contributed by atoms with E-state index >= 15 is 0 Å². The first-order valence-electron chi connectivity index (χ1n) is 10.2. The number of hydrogen-bond donors (Lipinski definition) is 2. The number of halogens is 1. The number of nitrogens with zero attached hydrogens (tertiary/aromatic N) is 3. The van der Waals surface area contributed by atoms with E-state index in [2.05, 4.69) is 51.8 Å². The largest absolute Gasteiger partial charge is 0.450 e. The zero-order valence-electron chi connectivity index (χ0n) is 17.9. The average molecular weight is 517 g/mol. The molecule has 1 aliphatic heterocycles. The topological polar surface area (TPSA) is 69.2 Å². The summed E-state index contributed by atoms with van der Waals surface area (Å²) >= 11 is 0. The number of carbonyl (C=O) groups is 1. The van der Waals surface area contributed by atoms with Gasteiger partial charge in [-0.2, -0.15) is 0 Å². The number of nitrogens with one attached hydrogen (secondary N) is 2.